The highest BCUT2D eigenvalue weighted by Gasteiger charge is 2.64. The monoisotopic (exact) mass is 431 g/mol. The molecule has 176 valence electrons. The van der Waals surface area contributed by atoms with Gasteiger partial charge >= 0.3 is 0 Å². The standard InChI is InChI=1S/C27H45NO3/c1-15-4-7-25-27(3,31)21-6-5-17-18(20(21)14-28(25)13-15)11-22-19(17)12-24(30)23-10-16(29)8-9-26(22,23)2/h15-25,29-31H,4-14H2,1-3H3/t15-,16+,17-,18-,19+,20+,21+,22+,23-,24-,25+,26-,27+/m1/s1. The van der Waals surface area contributed by atoms with E-state index in [1.54, 1.807) is 0 Å². The molecule has 0 unspecified atom stereocenters. The van der Waals surface area contributed by atoms with Crippen molar-refractivity contribution >= 4 is 0 Å². The molecule has 2 aliphatic heterocycles. The van der Waals surface area contributed by atoms with Gasteiger partial charge in [-0.1, -0.05) is 13.8 Å². The van der Waals surface area contributed by atoms with Gasteiger partial charge in [0.25, 0.3) is 0 Å². The number of piperidine rings is 2. The van der Waals surface area contributed by atoms with E-state index >= 15 is 0 Å². The predicted molar refractivity (Wildman–Crippen MR) is 121 cm³/mol. The lowest BCUT2D eigenvalue weighted by molar-refractivity contribution is -0.176. The third-order valence-electron chi connectivity index (χ3n) is 12.0. The first kappa shape index (κ1) is 21.4. The molecule has 4 saturated carbocycles. The molecule has 0 spiro atoms. The lowest BCUT2D eigenvalue weighted by atomic mass is 9.51. The average Bonchev–Trinajstić information content (AvgIpc) is 3.09. The summed E-state index contributed by atoms with van der Waals surface area (Å²) >= 11 is 0. The fourth-order valence-corrected chi connectivity index (χ4v) is 10.6. The van der Waals surface area contributed by atoms with Gasteiger partial charge in [0.1, 0.15) is 0 Å². The van der Waals surface area contributed by atoms with Crippen molar-refractivity contribution in [2.45, 2.75) is 102 Å². The molecule has 0 aromatic heterocycles. The molecule has 2 saturated heterocycles. The van der Waals surface area contributed by atoms with Crippen molar-refractivity contribution in [3.8, 4) is 0 Å². The Kier molecular flexibility index (Phi) is 4.94. The first-order chi connectivity index (χ1) is 14.7. The SMILES string of the molecule is C[C@@H]1CC[C@@H]2N(C1)C[C@H]1[C@@H]3C[C@H]4[C@@H](C[C@@H](O)[C@H]5C[C@@H](O)CC[C@@]54C)[C@@H]3CC[C@@H]1[C@]2(C)O. The van der Waals surface area contributed by atoms with Crippen molar-refractivity contribution in [3.05, 3.63) is 0 Å². The van der Waals surface area contributed by atoms with Gasteiger partial charge in [0, 0.05) is 19.1 Å². The molecule has 6 aliphatic rings. The molecular weight excluding hydrogens is 386 g/mol. The van der Waals surface area contributed by atoms with Gasteiger partial charge in [0.15, 0.2) is 0 Å². The summed E-state index contributed by atoms with van der Waals surface area (Å²) < 4.78 is 0. The Morgan fingerprint density at radius 2 is 1.55 bits per heavy atom. The van der Waals surface area contributed by atoms with E-state index < -0.39 is 5.60 Å². The first-order valence-electron chi connectivity index (χ1n) is 13.5. The van der Waals surface area contributed by atoms with E-state index in [0.717, 1.165) is 50.5 Å². The molecule has 0 aromatic rings. The molecular formula is C27H45NO3. The smallest absolute Gasteiger partial charge is 0.0805 e. The third-order valence-corrected chi connectivity index (χ3v) is 12.0. The van der Waals surface area contributed by atoms with E-state index in [2.05, 4.69) is 25.7 Å². The van der Waals surface area contributed by atoms with Crippen LogP contribution in [-0.2, 0) is 0 Å². The third kappa shape index (κ3) is 3.00. The summed E-state index contributed by atoms with van der Waals surface area (Å²) in [6, 6.07) is 0.355. The van der Waals surface area contributed by atoms with Gasteiger partial charge in [0.2, 0.25) is 0 Å². The number of hydrogen-bond donors (Lipinski definition) is 3. The quantitative estimate of drug-likeness (QED) is 0.547. The topological polar surface area (TPSA) is 63.9 Å². The van der Waals surface area contributed by atoms with Crippen LogP contribution in [0.25, 0.3) is 0 Å². The van der Waals surface area contributed by atoms with E-state index in [1.807, 2.05) is 0 Å². The Balaban J connectivity index is 1.30. The highest BCUT2D eigenvalue weighted by molar-refractivity contribution is 5.14. The lowest BCUT2D eigenvalue weighted by Crippen LogP contribution is -2.67. The van der Waals surface area contributed by atoms with Crippen molar-refractivity contribution in [2.24, 2.45) is 52.8 Å². The molecule has 4 heteroatoms. The van der Waals surface area contributed by atoms with Crippen molar-refractivity contribution in [3.63, 3.8) is 0 Å². The van der Waals surface area contributed by atoms with Crippen LogP contribution < -0.4 is 0 Å². The maximum Gasteiger partial charge on any atom is 0.0805 e. The first-order valence-corrected chi connectivity index (χ1v) is 13.5. The zero-order chi connectivity index (χ0) is 21.7. The molecule has 6 rings (SSSR count). The molecule has 4 nitrogen and oxygen atoms in total. The minimum atomic E-state index is -0.553. The average molecular weight is 432 g/mol. The Morgan fingerprint density at radius 1 is 0.742 bits per heavy atom. The zero-order valence-electron chi connectivity index (χ0n) is 19.9. The van der Waals surface area contributed by atoms with Crippen LogP contribution in [-0.4, -0.2) is 57.2 Å². The molecule has 2 heterocycles. The van der Waals surface area contributed by atoms with Crippen LogP contribution in [0, 0.1) is 52.8 Å². The number of nitrogens with zero attached hydrogens (tertiary/aromatic N) is 1. The molecule has 13 atom stereocenters. The normalized spacial score (nSPS) is 61.5. The summed E-state index contributed by atoms with van der Waals surface area (Å²) in [7, 11) is 0. The van der Waals surface area contributed by atoms with Crippen molar-refractivity contribution in [1.29, 1.82) is 0 Å². The van der Waals surface area contributed by atoms with Crippen molar-refractivity contribution < 1.29 is 15.3 Å². The molecule has 31 heavy (non-hydrogen) atoms. The van der Waals surface area contributed by atoms with Crippen LogP contribution in [0.1, 0.15) is 78.6 Å². The summed E-state index contributed by atoms with van der Waals surface area (Å²) in [5, 5.41) is 33.3. The predicted octanol–water partition coefficient (Wildman–Crippen LogP) is 3.68. The Bertz CT molecular complexity index is 711. The van der Waals surface area contributed by atoms with Gasteiger partial charge in [-0.25, -0.2) is 0 Å². The summed E-state index contributed by atoms with van der Waals surface area (Å²) in [6.45, 7) is 9.36. The summed E-state index contributed by atoms with van der Waals surface area (Å²) in [5.41, 5.74) is -0.365. The second-order valence-electron chi connectivity index (χ2n) is 13.4. The van der Waals surface area contributed by atoms with Crippen LogP contribution in [0.5, 0.6) is 0 Å². The Labute approximate surface area is 188 Å². The minimum Gasteiger partial charge on any atom is -0.393 e. The van der Waals surface area contributed by atoms with Crippen molar-refractivity contribution in [1.82, 2.24) is 4.90 Å². The van der Waals surface area contributed by atoms with E-state index in [1.165, 1.54) is 32.2 Å². The number of fused-ring (bicyclic) bond motifs is 8. The van der Waals surface area contributed by atoms with Gasteiger partial charge in [0.05, 0.1) is 17.8 Å². The second-order valence-corrected chi connectivity index (χ2v) is 13.4. The fraction of sp³-hybridized carbons (Fsp3) is 1.00. The van der Waals surface area contributed by atoms with E-state index in [0.29, 0.717) is 35.6 Å². The van der Waals surface area contributed by atoms with Crippen LogP contribution in [0.3, 0.4) is 0 Å². The number of hydrogen-bond acceptors (Lipinski definition) is 4. The summed E-state index contributed by atoms with van der Waals surface area (Å²) in [5.74, 6) is 4.89. The number of aliphatic hydroxyl groups is 3. The van der Waals surface area contributed by atoms with Gasteiger partial charge in [-0.2, -0.15) is 0 Å². The summed E-state index contributed by atoms with van der Waals surface area (Å²) in [4.78, 5) is 2.68. The Morgan fingerprint density at radius 3 is 2.35 bits per heavy atom. The fourth-order valence-electron chi connectivity index (χ4n) is 10.6. The maximum absolute atomic E-state index is 11.8. The van der Waals surface area contributed by atoms with Gasteiger partial charge in [-0.05, 0) is 117 Å². The Hall–Kier alpha value is -0.160. The van der Waals surface area contributed by atoms with E-state index in [-0.39, 0.29) is 23.5 Å². The molecule has 0 radical (unpaired) electrons. The highest BCUT2D eigenvalue weighted by Crippen LogP contribution is 2.67. The van der Waals surface area contributed by atoms with Crippen molar-refractivity contribution in [2.75, 3.05) is 13.1 Å². The van der Waals surface area contributed by atoms with E-state index in [9.17, 15) is 15.3 Å². The second kappa shape index (κ2) is 7.17. The molecule has 0 bridgehead atoms. The number of aliphatic hydroxyl groups excluding tert-OH is 2. The van der Waals surface area contributed by atoms with Gasteiger partial charge < -0.3 is 15.3 Å². The lowest BCUT2D eigenvalue weighted by Gasteiger charge is -2.60. The number of rotatable bonds is 0. The van der Waals surface area contributed by atoms with Gasteiger partial charge in [-0.3, -0.25) is 4.90 Å². The van der Waals surface area contributed by atoms with Crippen LogP contribution >= 0.6 is 0 Å². The molecule has 3 N–H and O–H groups in total. The molecule has 4 aliphatic carbocycles. The highest BCUT2D eigenvalue weighted by atomic mass is 16.3. The van der Waals surface area contributed by atoms with E-state index in [4.69, 9.17) is 0 Å². The summed E-state index contributed by atoms with van der Waals surface area (Å²) in [6.07, 6.45) is 9.43. The molecule has 0 amide bonds. The maximum atomic E-state index is 11.8. The largest absolute Gasteiger partial charge is 0.393 e. The molecule has 0 aromatic carbocycles. The molecule has 6 fully saturated rings. The van der Waals surface area contributed by atoms with Crippen LogP contribution in [0.4, 0.5) is 0 Å². The van der Waals surface area contributed by atoms with Gasteiger partial charge in [-0.15, -0.1) is 0 Å². The van der Waals surface area contributed by atoms with Crippen LogP contribution in [0.15, 0.2) is 0 Å². The zero-order valence-corrected chi connectivity index (χ0v) is 19.9. The minimum absolute atomic E-state index is 0.188. The van der Waals surface area contributed by atoms with Crippen LogP contribution in [0.2, 0.25) is 0 Å².